The molecule has 0 aromatic carbocycles. The van der Waals surface area contributed by atoms with E-state index in [2.05, 4.69) is 20.8 Å². The number of hydrogen-bond donors (Lipinski definition) is 1. The first-order valence-electron chi connectivity index (χ1n) is 6.62. The molecule has 0 spiro atoms. The standard InChI is InChI=1S/C13H26O4Si/c1-11(2)10-7-8-12(11,3)13(14,9-10)18(15-4,16-5)17-6/h10,14H,7-9H2,1-6H3. The zero-order valence-electron chi connectivity index (χ0n) is 12.4. The Morgan fingerprint density at radius 2 is 1.56 bits per heavy atom. The smallest absolute Gasteiger partial charge is 0.385 e. The van der Waals surface area contributed by atoms with Gasteiger partial charge in [-0.2, -0.15) is 0 Å². The first kappa shape index (κ1) is 14.5. The molecule has 0 aromatic rings. The van der Waals surface area contributed by atoms with E-state index in [1.807, 2.05) is 0 Å². The Bertz CT molecular complexity index is 334. The number of fused-ring (bicyclic) bond motifs is 2. The van der Waals surface area contributed by atoms with E-state index in [1.54, 1.807) is 21.3 Å². The maximum absolute atomic E-state index is 11.4. The summed E-state index contributed by atoms with van der Waals surface area (Å²) in [7, 11) is 1.68. The van der Waals surface area contributed by atoms with E-state index in [9.17, 15) is 5.11 Å². The summed E-state index contributed by atoms with van der Waals surface area (Å²) < 4.78 is 16.7. The SMILES string of the molecule is CO[Si](OC)(OC)C1(O)CC2CCC1(C)C2(C)C. The van der Waals surface area contributed by atoms with Gasteiger partial charge in [-0.25, -0.2) is 0 Å². The van der Waals surface area contributed by atoms with Gasteiger partial charge in [-0.15, -0.1) is 0 Å². The van der Waals surface area contributed by atoms with E-state index >= 15 is 0 Å². The number of aliphatic hydroxyl groups is 1. The van der Waals surface area contributed by atoms with E-state index in [0.717, 1.165) is 12.8 Å². The van der Waals surface area contributed by atoms with Gasteiger partial charge in [-0.3, -0.25) is 0 Å². The molecular formula is C13H26O4Si. The zero-order chi connectivity index (χ0) is 13.8. The summed E-state index contributed by atoms with van der Waals surface area (Å²) in [5.74, 6) is 0.514. The lowest BCUT2D eigenvalue weighted by Gasteiger charge is -2.50. The molecule has 2 aliphatic rings. The third-order valence-electron chi connectivity index (χ3n) is 6.20. The molecule has 2 rings (SSSR count). The summed E-state index contributed by atoms with van der Waals surface area (Å²) in [4.78, 5) is 0. The molecule has 0 saturated heterocycles. The van der Waals surface area contributed by atoms with Crippen LogP contribution >= 0.6 is 0 Å². The van der Waals surface area contributed by atoms with Crippen LogP contribution in [0.15, 0.2) is 0 Å². The Kier molecular flexibility index (Phi) is 3.23. The molecule has 106 valence electrons. The first-order chi connectivity index (χ1) is 8.24. The molecule has 3 atom stereocenters. The molecule has 2 aliphatic carbocycles. The molecule has 3 unspecified atom stereocenters. The topological polar surface area (TPSA) is 47.9 Å². The van der Waals surface area contributed by atoms with Crippen LogP contribution in [0.4, 0.5) is 0 Å². The second-order valence-electron chi connectivity index (χ2n) is 6.52. The molecule has 2 fully saturated rings. The van der Waals surface area contributed by atoms with Crippen molar-refractivity contribution in [3.63, 3.8) is 0 Å². The van der Waals surface area contributed by atoms with Crippen LogP contribution in [0.2, 0.25) is 0 Å². The largest absolute Gasteiger partial charge is 0.534 e. The predicted molar refractivity (Wildman–Crippen MR) is 71.0 cm³/mol. The second-order valence-corrected chi connectivity index (χ2v) is 9.69. The van der Waals surface area contributed by atoms with Crippen molar-refractivity contribution in [3.8, 4) is 0 Å². The maximum atomic E-state index is 11.4. The monoisotopic (exact) mass is 274 g/mol. The molecule has 2 bridgehead atoms. The van der Waals surface area contributed by atoms with Crippen LogP contribution in [0.5, 0.6) is 0 Å². The summed E-state index contributed by atoms with van der Waals surface area (Å²) in [6.07, 6.45) is 2.90. The highest BCUT2D eigenvalue weighted by molar-refractivity contribution is 6.64. The molecule has 0 aliphatic heterocycles. The van der Waals surface area contributed by atoms with Gasteiger partial charge in [0.25, 0.3) is 0 Å². The molecular weight excluding hydrogens is 248 g/mol. The molecule has 5 heteroatoms. The van der Waals surface area contributed by atoms with Gasteiger partial charge in [-0.05, 0) is 30.6 Å². The quantitative estimate of drug-likeness (QED) is 0.796. The van der Waals surface area contributed by atoms with Crippen LogP contribution in [0.3, 0.4) is 0 Å². The van der Waals surface area contributed by atoms with Gasteiger partial charge in [-0.1, -0.05) is 20.8 Å². The van der Waals surface area contributed by atoms with Crippen molar-refractivity contribution in [1.29, 1.82) is 0 Å². The van der Waals surface area contributed by atoms with Crippen LogP contribution in [0.25, 0.3) is 0 Å². The minimum atomic E-state index is -3.07. The van der Waals surface area contributed by atoms with Gasteiger partial charge < -0.3 is 18.4 Å². The van der Waals surface area contributed by atoms with Crippen molar-refractivity contribution in [3.05, 3.63) is 0 Å². The molecule has 1 N–H and O–H groups in total. The molecule has 18 heavy (non-hydrogen) atoms. The van der Waals surface area contributed by atoms with Crippen molar-refractivity contribution in [2.75, 3.05) is 21.3 Å². The van der Waals surface area contributed by atoms with Crippen molar-refractivity contribution >= 4 is 8.80 Å². The molecule has 0 heterocycles. The molecule has 0 amide bonds. The summed E-state index contributed by atoms with van der Waals surface area (Å²) in [6.45, 7) is 6.67. The highest BCUT2D eigenvalue weighted by Gasteiger charge is 2.78. The first-order valence-corrected chi connectivity index (χ1v) is 8.35. The minimum Gasteiger partial charge on any atom is -0.385 e. The number of hydrogen-bond acceptors (Lipinski definition) is 4. The Morgan fingerprint density at radius 1 is 1.06 bits per heavy atom. The van der Waals surface area contributed by atoms with Crippen LogP contribution in [0.1, 0.15) is 40.0 Å². The average Bonchev–Trinajstić information content (AvgIpc) is 2.64. The van der Waals surface area contributed by atoms with Crippen molar-refractivity contribution in [2.45, 2.75) is 45.3 Å². The summed E-state index contributed by atoms with van der Waals surface area (Å²) >= 11 is 0. The normalized spacial score (nSPS) is 42.5. The van der Waals surface area contributed by atoms with Gasteiger partial charge in [0.1, 0.15) is 5.22 Å². The lowest BCUT2D eigenvalue weighted by Crippen LogP contribution is -2.70. The van der Waals surface area contributed by atoms with Gasteiger partial charge in [0, 0.05) is 26.7 Å². The lowest BCUT2D eigenvalue weighted by molar-refractivity contribution is -0.0914. The second kappa shape index (κ2) is 4.02. The fourth-order valence-corrected chi connectivity index (χ4v) is 7.63. The Balaban J connectivity index is 2.51. The number of rotatable bonds is 4. The van der Waals surface area contributed by atoms with Crippen LogP contribution in [0, 0.1) is 16.7 Å². The third-order valence-corrected chi connectivity index (χ3v) is 9.58. The predicted octanol–water partition coefficient (Wildman–Crippen LogP) is 1.98. The van der Waals surface area contributed by atoms with Crippen LogP contribution < -0.4 is 0 Å². The molecule has 0 radical (unpaired) electrons. The Hall–Kier alpha value is 0.0569. The molecule has 4 nitrogen and oxygen atoms in total. The third kappa shape index (κ3) is 1.29. The maximum Gasteiger partial charge on any atom is 0.534 e. The van der Waals surface area contributed by atoms with Gasteiger partial charge in [0.2, 0.25) is 0 Å². The van der Waals surface area contributed by atoms with Crippen molar-refractivity contribution in [2.24, 2.45) is 16.7 Å². The van der Waals surface area contributed by atoms with Gasteiger partial charge in [0.05, 0.1) is 0 Å². The minimum absolute atomic E-state index is 0.0928. The van der Waals surface area contributed by atoms with E-state index in [4.69, 9.17) is 13.3 Å². The van der Waals surface area contributed by atoms with E-state index in [1.165, 1.54) is 6.42 Å². The highest BCUT2D eigenvalue weighted by Crippen LogP contribution is 2.71. The molecule has 2 saturated carbocycles. The zero-order valence-corrected chi connectivity index (χ0v) is 13.4. The lowest BCUT2D eigenvalue weighted by atomic mass is 9.69. The highest BCUT2D eigenvalue weighted by atomic mass is 28.4. The van der Waals surface area contributed by atoms with Crippen molar-refractivity contribution in [1.82, 2.24) is 0 Å². The van der Waals surface area contributed by atoms with E-state index in [-0.39, 0.29) is 10.8 Å². The van der Waals surface area contributed by atoms with Crippen LogP contribution in [-0.4, -0.2) is 40.5 Å². The van der Waals surface area contributed by atoms with Crippen LogP contribution in [-0.2, 0) is 13.3 Å². The van der Waals surface area contributed by atoms with E-state index in [0.29, 0.717) is 5.92 Å². The fraction of sp³-hybridized carbons (Fsp3) is 1.00. The Labute approximate surface area is 111 Å². The van der Waals surface area contributed by atoms with Gasteiger partial charge >= 0.3 is 8.80 Å². The average molecular weight is 274 g/mol. The van der Waals surface area contributed by atoms with E-state index < -0.39 is 14.0 Å². The molecule has 0 aromatic heterocycles. The summed E-state index contributed by atoms with van der Waals surface area (Å²) in [6, 6.07) is 0. The Morgan fingerprint density at radius 3 is 1.83 bits per heavy atom. The summed E-state index contributed by atoms with van der Waals surface area (Å²) in [5, 5.41) is 10.4. The summed E-state index contributed by atoms with van der Waals surface area (Å²) in [5.41, 5.74) is -0.117. The van der Waals surface area contributed by atoms with Gasteiger partial charge in [0.15, 0.2) is 0 Å². The fourth-order valence-electron chi connectivity index (χ4n) is 4.49. The van der Waals surface area contributed by atoms with Crippen molar-refractivity contribution < 1.29 is 18.4 Å².